The minimum absolute atomic E-state index is 0.179. The molecule has 0 spiro atoms. The van der Waals surface area contributed by atoms with E-state index in [2.05, 4.69) is 31.2 Å². The average molecular weight is 539 g/mol. The van der Waals surface area contributed by atoms with Crippen molar-refractivity contribution < 1.29 is 33.9 Å². The van der Waals surface area contributed by atoms with Gasteiger partial charge in [-0.05, 0) is 18.8 Å². The lowest BCUT2D eigenvalue weighted by atomic mass is 9.99. The molecule has 0 bridgehead atoms. The lowest BCUT2D eigenvalue weighted by Gasteiger charge is -2.28. The SMILES string of the molecule is CC(NC(=O)C(N)Cc1cnc[nH]1)C(=O)NC(C(=O)NC(C(=O)NC(CC(N)=O)C(=O)O)C(C)C)C(C)C. The predicted molar refractivity (Wildman–Crippen MR) is 135 cm³/mol. The monoisotopic (exact) mass is 538 g/mol. The summed E-state index contributed by atoms with van der Waals surface area (Å²) in [6, 6.07) is -5.80. The first-order valence-corrected chi connectivity index (χ1v) is 12.1. The van der Waals surface area contributed by atoms with Gasteiger partial charge in [-0.15, -0.1) is 0 Å². The summed E-state index contributed by atoms with van der Waals surface area (Å²) >= 11 is 0. The summed E-state index contributed by atoms with van der Waals surface area (Å²) in [5, 5.41) is 19.0. The van der Waals surface area contributed by atoms with E-state index < -0.39 is 84.0 Å². The Balaban J connectivity index is 2.84. The Morgan fingerprint density at radius 2 is 1.39 bits per heavy atom. The molecule has 0 aliphatic rings. The van der Waals surface area contributed by atoms with Gasteiger partial charge in [0.15, 0.2) is 0 Å². The molecule has 0 saturated carbocycles. The molecule has 15 nitrogen and oxygen atoms in total. The zero-order valence-corrected chi connectivity index (χ0v) is 22.1. The van der Waals surface area contributed by atoms with Gasteiger partial charge < -0.3 is 42.8 Å². The number of aromatic amines is 1. The summed E-state index contributed by atoms with van der Waals surface area (Å²) in [6.07, 6.45) is 2.53. The molecule has 0 aliphatic heterocycles. The van der Waals surface area contributed by atoms with E-state index >= 15 is 0 Å². The number of aromatic nitrogens is 2. The summed E-state index contributed by atoms with van der Waals surface area (Å²) < 4.78 is 0. The quantitative estimate of drug-likeness (QED) is 0.117. The number of amides is 5. The van der Waals surface area contributed by atoms with Gasteiger partial charge in [-0.3, -0.25) is 24.0 Å². The molecule has 10 N–H and O–H groups in total. The maximum Gasteiger partial charge on any atom is 0.326 e. The Morgan fingerprint density at radius 3 is 1.84 bits per heavy atom. The molecule has 5 atom stereocenters. The normalized spacial score (nSPS) is 15.1. The second-order valence-electron chi connectivity index (χ2n) is 9.65. The van der Waals surface area contributed by atoms with Crippen molar-refractivity contribution in [1.82, 2.24) is 31.2 Å². The van der Waals surface area contributed by atoms with Gasteiger partial charge >= 0.3 is 5.97 Å². The van der Waals surface area contributed by atoms with Crippen molar-refractivity contribution in [2.24, 2.45) is 23.3 Å². The minimum Gasteiger partial charge on any atom is -0.480 e. The van der Waals surface area contributed by atoms with E-state index in [9.17, 15) is 33.9 Å². The Morgan fingerprint density at radius 1 is 0.868 bits per heavy atom. The van der Waals surface area contributed by atoms with Crippen LogP contribution < -0.4 is 32.7 Å². The van der Waals surface area contributed by atoms with Crippen LogP contribution in [-0.4, -0.2) is 80.8 Å². The van der Waals surface area contributed by atoms with Crippen LogP contribution in [0.1, 0.15) is 46.7 Å². The standard InChI is InChI=1S/C23H38N8O7/c1-10(2)17(21(35)29-15(23(37)38)7-16(25)32)31-22(36)18(11(3)4)30-19(33)12(5)28-20(34)14(24)6-13-8-26-9-27-13/h8-12,14-15,17-18H,6-7,24H2,1-5H3,(H2,25,32)(H,26,27)(H,28,34)(H,29,35)(H,30,33)(H,31,36)(H,37,38). The predicted octanol–water partition coefficient (Wildman–Crippen LogP) is -2.49. The number of nitrogens with one attached hydrogen (secondary N) is 5. The number of aliphatic carboxylic acids is 1. The van der Waals surface area contributed by atoms with Crippen LogP contribution in [0.3, 0.4) is 0 Å². The third-order valence-electron chi connectivity index (χ3n) is 5.60. The first kappa shape index (κ1) is 32.0. The lowest BCUT2D eigenvalue weighted by Crippen LogP contribution is -2.60. The number of carbonyl (C=O) groups excluding carboxylic acids is 5. The molecule has 5 amide bonds. The molecule has 5 unspecified atom stereocenters. The molecule has 212 valence electrons. The number of hydrogen-bond donors (Lipinski definition) is 8. The number of nitrogens with zero attached hydrogens (tertiary/aromatic N) is 1. The Bertz CT molecular complexity index is 996. The first-order chi connectivity index (χ1) is 17.6. The number of carboxylic acid groups (broad SMARTS) is 1. The smallest absolute Gasteiger partial charge is 0.326 e. The fraction of sp³-hybridized carbons (Fsp3) is 0.609. The maximum atomic E-state index is 13.1. The number of carboxylic acids is 1. The zero-order chi connectivity index (χ0) is 29.2. The summed E-state index contributed by atoms with van der Waals surface area (Å²) in [5.41, 5.74) is 11.6. The summed E-state index contributed by atoms with van der Waals surface area (Å²) in [4.78, 5) is 80.1. The molecule has 0 radical (unpaired) electrons. The molecule has 0 aliphatic carbocycles. The van der Waals surface area contributed by atoms with E-state index in [4.69, 9.17) is 11.5 Å². The zero-order valence-electron chi connectivity index (χ0n) is 22.1. The van der Waals surface area contributed by atoms with Crippen LogP contribution in [0.2, 0.25) is 0 Å². The number of nitrogens with two attached hydrogens (primary N) is 2. The molecule has 15 heteroatoms. The Kier molecular flexibility index (Phi) is 12.4. The van der Waals surface area contributed by atoms with Gasteiger partial charge in [0.05, 0.1) is 18.8 Å². The van der Waals surface area contributed by atoms with Crippen molar-refractivity contribution in [2.75, 3.05) is 0 Å². The van der Waals surface area contributed by atoms with Gasteiger partial charge in [-0.25, -0.2) is 9.78 Å². The molecule has 0 saturated heterocycles. The molecular formula is C23H38N8O7. The number of H-pyrrole nitrogens is 1. The van der Waals surface area contributed by atoms with Crippen LogP contribution in [0.4, 0.5) is 0 Å². The molecular weight excluding hydrogens is 500 g/mol. The van der Waals surface area contributed by atoms with Crippen LogP contribution in [0.5, 0.6) is 0 Å². The fourth-order valence-corrected chi connectivity index (χ4v) is 3.37. The number of primary amides is 1. The number of rotatable bonds is 15. The molecule has 0 fully saturated rings. The van der Waals surface area contributed by atoms with E-state index in [0.29, 0.717) is 5.69 Å². The van der Waals surface area contributed by atoms with Crippen LogP contribution >= 0.6 is 0 Å². The van der Waals surface area contributed by atoms with Crippen molar-refractivity contribution in [3.8, 4) is 0 Å². The molecule has 38 heavy (non-hydrogen) atoms. The van der Waals surface area contributed by atoms with E-state index in [1.54, 1.807) is 27.7 Å². The highest BCUT2D eigenvalue weighted by atomic mass is 16.4. The third kappa shape index (κ3) is 10.2. The van der Waals surface area contributed by atoms with Gasteiger partial charge in [0.1, 0.15) is 24.2 Å². The van der Waals surface area contributed by atoms with Gasteiger partial charge in [0, 0.05) is 18.3 Å². The van der Waals surface area contributed by atoms with Gasteiger partial charge in [0.25, 0.3) is 0 Å². The highest BCUT2D eigenvalue weighted by Gasteiger charge is 2.33. The van der Waals surface area contributed by atoms with E-state index in [1.807, 2.05) is 0 Å². The second kappa shape index (κ2) is 14.7. The van der Waals surface area contributed by atoms with Gasteiger partial charge in [0.2, 0.25) is 29.5 Å². The largest absolute Gasteiger partial charge is 0.480 e. The van der Waals surface area contributed by atoms with Crippen LogP contribution in [0.15, 0.2) is 12.5 Å². The maximum absolute atomic E-state index is 13.1. The second-order valence-corrected chi connectivity index (χ2v) is 9.65. The number of carbonyl (C=O) groups is 6. The molecule has 1 aromatic rings. The van der Waals surface area contributed by atoms with Crippen molar-refractivity contribution in [1.29, 1.82) is 0 Å². The first-order valence-electron chi connectivity index (χ1n) is 12.1. The summed E-state index contributed by atoms with van der Waals surface area (Å²) in [7, 11) is 0. The molecule has 1 heterocycles. The number of hydrogen-bond acceptors (Lipinski definition) is 8. The van der Waals surface area contributed by atoms with E-state index in [1.165, 1.54) is 19.4 Å². The highest BCUT2D eigenvalue weighted by molar-refractivity contribution is 5.96. The Hall–Kier alpha value is -4.01. The van der Waals surface area contributed by atoms with Gasteiger partial charge in [-0.1, -0.05) is 27.7 Å². The van der Waals surface area contributed by atoms with Crippen LogP contribution in [0.25, 0.3) is 0 Å². The van der Waals surface area contributed by atoms with Crippen molar-refractivity contribution in [2.45, 2.75) is 77.7 Å². The van der Waals surface area contributed by atoms with Crippen LogP contribution in [0, 0.1) is 11.8 Å². The fourth-order valence-electron chi connectivity index (χ4n) is 3.37. The topological polar surface area (TPSA) is 251 Å². The van der Waals surface area contributed by atoms with Crippen molar-refractivity contribution in [3.05, 3.63) is 18.2 Å². The lowest BCUT2D eigenvalue weighted by molar-refractivity contribution is -0.144. The summed E-state index contributed by atoms with van der Waals surface area (Å²) in [5.74, 6) is -6.03. The Labute approximate surface area is 220 Å². The summed E-state index contributed by atoms with van der Waals surface area (Å²) in [6.45, 7) is 8.03. The van der Waals surface area contributed by atoms with E-state index in [0.717, 1.165) is 0 Å². The molecule has 1 rings (SSSR count). The minimum atomic E-state index is -1.57. The van der Waals surface area contributed by atoms with Crippen LogP contribution in [-0.2, 0) is 35.2 Å². The highest BCUT2D eigenvalue weighted by Crippen LogP contribution is 2.08. The molecule has 1 aromatic heterocycles. The third-order valence-corrected chi connectivity index (χ3v) is 5.60. The molecule has 0 aromatic carbocycles. The van der Waals surface area contributed by atoms with Crippen molar-refractivity contribution >= 4 is 35.5 Å². The van der Waals surface area contributed by atoms with Gasteiger partial charge in [-0.2, -0.15) is 0 Å². The van der Waals surface area contributed by atoms with Crippen molar-refractivity contribution in [3.63, 3.8) is 0 Å². The average Bonchev–Trinajstić information content (AvgIpc) is 3.32. The number of imidazole rings is 1. The van der Waals surface area contributed by atoms with E-state index in [-0.39, 0.29) is 6.42 Å².